The summed E-state index contributed by atoms with van der Waals surface area (Å²) in [5.41, 5.74) is 1.93. The van der Waals surface area contributed by atoms with E-state index in [1.807, 2.05) is 6.07 Å². The van der Waals surface area contributed by atoms with E-state index in [4.69, 9.17) is 0 Å². The van der Waals surface area contributed by atoms with Crippen molar-refractivity contribution in [1.29, 1.82) is 0 Å². The Bertz CT molecular complexity index is 327. The summed E-state index contributed by atoms with van der Waals surface area (Å²) < 4.78 is 0.931. The number of halogens is 1. The quantitative estimate of drug-likeness (QED) is 0.737. The number of nitrogens with one attached hydrogen (secondary N) is 1. The Morgan fingerprint density at radius 1 is 1.75 bits per heavy atom. The molecule has 0 saturated heterocycles. The van der Waals surface area contributed by atoms with Crippen molar-refractivity contribution in [3.63, 3.8) is 0 Å². The summed E-state index contributed by atoms with van der Waals surface area (Å²) >= 11 is 3.32. The molecule has 1 unspecified atom stereocenters. The summed E-state index contributed by atoms with van der Waals surface area (Å²) in [6, 6.07) is 1.84. The molecule has 0 saturated carbocycles. The molecule has 1 aliphatic heterocycles. The van der Waals surface area contributed by atoms with Crippen LogP contribution >= 0.6 is 15.9 Å². The van der Waals surface area contributed by atoms with Crippen LogP contribution < -0.4 is 5.32 Å². The minimum atomic E-state index is -0.0956. The average Bonchev–Trinajstić information content (AvgIpc) is 2.46. The second-order valence-electron chi connectivity index (χ2n) is 2.74. The van der Waals surface area contributed by atoms with Gasteiger partial charge in [-0.1, -0.05) is 0 Å². The second-order valence-corrected chi connectivity index (χ2v) is 3.65. The lowest BCUT2D eigenvalue weighted by atomic mass is 10.2. The number of anilines is 1. The summed E-state index contributed by atoms with van der Waals surface area (Å²) in [5, 5.41) is 3.06. The Morgan fingerprint density at radius 3 is 3.33 bits per heavy atom. The maximum atomic E-state index is 10.5. The van der Waals surface area contributed by atoms with Gasteiger partial charge < -0.3 is 10.1 Å². The average molecular weight is 227 g/mol. The van der Waals surface area contributed by atoms with Crippen LogP contribution in [0.2, 0.25) is 0 Å². The van der Waals surface area contributed by atoms with Gasteiger partial charge in [0.1, 0.15) is 6.29 Å². The summed E-state index contributed by atoms with van der Waals surface area (Å²) in [5.74, 6) is 0. The third kappa shape index (κ3) is 1.22. The number of nitrogens with zero attached hydrogens (tertiary/aromatic N) is 1. The van der Waals surface area contributed by atoms with E-state index in [1.54, 1.807) is 6.20 Å². The standard InChI is InChI=1S/C8H7BrN2O/c9-5-1-8-7(10-3-5)2-6(4-12)11-8/h1,3-4,6,11H,2H2. The van der Waals surface area contributed by atoms with E-state index in [2.05, 4.69) is 26.2 Å². The molecule has 0 aliphatic carbocycles. The van der Waals surface area contributed by atoms with Gasteiger partial charge in [0, 0.05) is 17.1 Å². The summed E-state index contributed by atoms with van der Waals surface area (Å²) in [4.78, 5) is 14.6. The van der Waals surface area contributed by atoms with Gasteiger partial charge in [0.05, 0.1) is 17.4 Å². The topological polar surface area (TPSA) is 42.0 Å². The van der Waals surface area contributed by atoms with Crippen LogP contribution in [0.25, 0.3) is 0 Å². The molecule has 1 atom stereocenters. The lowest BCUT2D eigenvalue weighted by Crippen LogP contribution is -2.16. The largest absolute Gasteiger partial charge is 0.374 e. The van der Waals surface area contributed by atoms with Crippen molar-refractivity contribution in [1.82, 2.24) is 4.98 Å². The van der Waals surface area contributed by atoms with Crippen molar-refractivity contribution < 1.29 is 4.79 Å². The molecule has 0 spiro atoms. The van der Waals surface area contributed by atoms with Crippen molar-refractivity contribution in [2.45, 2.75) is 12.5 Å². The number of aromatic nitrogens is 1. The summed E-state index contributed by atoms with van der Waals surface area (Å²) in [6.07, 6.45) is 3.36. The number of rotatable bonds is 1. The highest BCUT2D eigenvalue weighted by molar-refractivity contribution is 9.10. The Balaban J connectivity index is 2.35. The minimum Gasteiger partial charge on any atom is -0.374 e. The predicted octanol–water partition coefficient (Wildman–Crippen LogP) is 1.38. The Hall–Kier alpha value is -0.900. The van der Waals surface area contributed by atoms with Gasteiger partial charge in [-0.05, 0) is 22.0 Å². The zero-order valence-electron chi connectivity index (χ0n) is 6.25. The van der Waals surface area contributed by atoms with E-state index in [-0.39, 0.29) is 6.04 Å². The zero-order valence-corrected chi connectivity index (χ0v) is 7.84. The molecule has 1 aromatic heterocycles. The van der Waals surface area contributed by atoms with Crippen molar-refractivity contribution in [2.75, 3.05) is 5.32 Å². The molecule has 1 N–H and O–H groups in total. The fourth-order valence-corrected chi connectivity index (χ4v) is 1.63. The monoisotopic (exact) mass is 226 g/mol. The van der Waals surface area contributed by atoms with Gasteiger partial charge in [-0.25, -0.2) is 0 Å². The molecule has 0 amide bonds. The first-order valence-corrected chi connectivity index (χ1v) is 4.45. The number of fused-ring (bicyclic) bond motifs is 1. The SMILES string of the molecule is O=CC1Cc2ncc(Br)cc2N1. The lowest BCUT2D eigenvalue weighted by molar-refractivity contribution is -0.108. The van der Waals surface area contributed by atoms with Gasteiger partial charge >= 0.3 is 0 Å². The van der Waals surface area contributed by atoms with Crippen molar-refractivity contribution in [2.24, 2.45) is 0 Å². The normalized spacial score (nSPS) is 19.9. The van der Waals surface area contributed by atoms with Crippen LogP contribution in [0.4, 0.5) is 5.69 Å². The minimum absolute atomic E-state index is 0.0956. The molecule has 0 radical (unpaired) electrons. The Kier molecular flexibility index (Phi) is 1.84. The van der Waals surface area contributed by atoms with Gasteiger partial charge in [-0.2, -0.15) is 0 Å². The second kappa shape index (κ2) is 2.86. The van der Waals surface area contributed by atoms with Gasteiger partial charge in [0.25, 0.3) is 0 Å². The molecule has 1 aromatic rings. The molecule has 4 heteroatoms. The smallest absolute Gasteiger partial charge is 0.142 e. The molecule has 0 fully saturated rings. The first-order chi connectivity index (χ1) is 5.79. The third-order valence-corrected chi connectivity index (χ3v) is 2.29. The number of aldehydes is 1. The van der Waals surface area contributed by atoms with E-state index < -0.39 is 0 Å². The van der Waals surface area contributed by atoms with E-state index in [9.17, 15) is 4.79 Å². The molecule has 1 aliphatic rings. The van der Waals surface area contributed by atoms with Crippen LogP contribution in [0.5, 0.6) is 0 Å². The van der Waals surface area contributed by atoms with E-state index in [0.29, 0.717) is 6.42 Å². The number of hydrogen-bond acceptors (Lipinski definition) is 3. The summed E-state index contributed by atoms with van der Waals surface area (Å²) in [6.45, 7) is 0. The van der Waals surface area contributed by atoms with Crippen molar-refractivity contribution in [3.8, 4) is 0 Å². The number of pyridine rings is 1. The molecule has 0 bridgehead atoms. The first kappa shape index (κ1) is 7.73. The number of hydrogen-bond donors (Lipinski definition) is 1. The van der Waals surface area contributed by atoms with Crippen LogP contribution in [0.1, 0.15) is 5.69 Å². The highest BCUT2D eigenvalue weighted by Crippen LogP contribution is 2.25. The maximum absolute atomic E-state index is 10.5. The lowest BCUT2D eigenvalue weighted by Gasteiger charge is -2.00. The fraction of sp³-hybridized carbons (Fsp3) is 0.250. The van der Waals surface area contributed by atoms with Gasteiger partial charge in [0.2, 0.25) is 0 Å². The highest BCUT2D eigenvalue weighted by Gasteiger charge is 2.20. The number of carbonyl (C=O) groups is 1. The third-order valence-electron chi connectivity index (χ3n) is 1.86. The molecule has 12 heavy (non-hydrogen) atoms. The van der Waals surface area contributed by atoms with Crippen LogP contribution in [0, 0.1) is 0 Å². The maximum Gasteiger partial charge on any atom is 0.142 e. The molecule has 62 valence electrons. The zero-order chi connectivity index (χ0) is 8.55. The van der Waals surface area contributed by atoms with E-state index in [0.717, 1.165) is 22.1 Å². The van der Waals surface area contributed by atoms with Crippen molar-refractivity contribution in [3.05, 3.63) is 22.4 Å². The fourth-order valence-electron chi connectivity index (χ4n) is 1.30. The molecule has 2 heterocycles. The van der Waals surface area contributed by atoms with Crippen LogP contribution in [-0.4, -0.2) is 17.3 Å². The molecular weight excluding hydrogens is 220 g/mol. The highest BCUT2D eigenvalue weighted by atomic mass is 79.9. The van der Waals surface area contributed by atoms with Crippen molar-refractivity contribution >= 4 is 27.9 Å². The summed E-state index contributed by atoms with van der Waals surface area (Å²) in [7, 11) is 0. The molecule has 2 rings (SSSR count). The Labute approximate surface area is 78.3 Å². The Morgan fingerprint density at radius 2 is 2.58 bits per heavy atom. The number of carbonyl (C=O) groups excluding carboxylic acids is 1. The van der Waals surface area contributed by atoms with Crippen LogP contribution in [0.3, 0.4) is 0 Å². The van der Waals surface area contributed by atoms with Gasteiger partial charge in [-0.3, -0.25) is 4.98 Å². The van der Waals surface area contributed by atoms with Gasteiger partial charge in [-0.15, -0.1) is 0 Å². The molecule has 3 nitrogen and oxygen atoms in total. The molecular formula is C8H7BrN2O. The first-order valence-electron chi connectivity index (χ1n) is 3.66. The van der Waals surface area contributed by atoms with Crippen LogP contribution in [-0.2, 0) is 11.2 Å². The van der Waals surface area contributed by atoms with E-state index >= 15 is 0 Å². The molecule has 0 aromatic carbocycles. The predicted molar refractivity (Wildman–Crippen MR) is 49.1 cm³/mol. The van der Waals surface area contributed by atoms with Gasteiger partial charge in [0.15, 0.2) is 0 Å². The van der Waals surface area contributed by atoms with E-state index in [1.165, 1.54) is 0 Å². The van der Waals surface area contributed by atoms with Crippen LogP contribution in [0.15, 0.2) is 16.7 Å².